The summed E-state index contributed by atoms with van der Waals surface area (Å²) in [7, 11) is -3.71. The fourth-order valence-corrected chi connectivity index (χ4v) is 3.44. The quantitative estimate of drug-likeness (QED) is 0.858. The van der Waals surface area contributed by atoms with E-state index < -0.39 is 21.9 Å². The normalized spacial score (nSPS) is 13.0. The third kappa shape index (κ3) is 4.13. The van der Waals surface area contributed by atoms with E-state index in [1.807, 2.05) is 18.2 Å². The Morgan fingerprint density at radius 1 is 1.18 bits per heavy atom. The van der Waals surface area contributed by atoms with E-state index in [2.05, 4.69) is 4.72 Å². The number of halogens is 1. The molecule has 0 aromatic heterocycles. The second kappa shape index (κ2) is 7.00. The van der Waals surface area contributed by atoms with E-state index in [9.17, 15) is 17.9 Å². The Bertz CT molecular complexity index is 732. The lowest BCUT2D eigenvalue weighted by molar-refractivity contribution is 0.169. The molecule has 2 aromatic rings. The van der Waals surface area contributed by atoms with Gasteiger partial charge in [-0.3, -0.25) is 0 Å². The van der Waals surface area contributed by atoms with Crippen molar-refractivity contribution in [1.82, 2.24) is 4.72 Å². The van der Waals surface area contributed by atoms with Crippen molar-refractivity contribution in [2.24, 2.45) is 0 Å². The number of aliphatic hydroxyl groups is 1. The topological polar surface area (TPSA) is 66.4 Å². The van der Waals surface area contributed by atoms with Gasteiger partial charge in [-0.2, -0.15) is 0 Å². The molecule has 0 aliphatic heterocycles. The van der Waals surface area contributed by atoms with Crippen molar-refractivity contribution in [2.75, 3.05) is 6.54 Å². The van der Waals surface area contributed by atoms with Crippen LogP contribution in [0.15, 0.2) is 53.4 Å². The molecule has 0 aliphatic carbocycles. The second-order valence-electron chi connectivity index (χ2n) is 5.02. The number of rotatable bonds is 6. The first-order chi connectivity index (χ1) is 10.4. The minimum Gasteiger partial charge on any atom is -0.388 e. The summed E-state index contributed by atoms with van der Waals surface area (Å²) >= 11 is 0. The van der Waals surface area contributed by atoms with Crippen molar-refractivity contribution >= 4 is 10.0 Å². The predicted molar refractivity (Wildman–Crippen MR) is 82.3 cm³/mol. The summed E-state index contributed by atoms with van der Waals surface area (Å²) in [6.07, 6.45) is -0.484. The molecule has 22 heavy (non-hydrogen) atoms. The zero-order valence-electron chi connectivity index (χ0n) is 12.2. The van der Waals surface area contributed by atoms with Gasteiger partial charge in [-0.25, -0.2) is 17.5 Å². The van der Waals surface area contributed by atoms with E-state index in [0.717, 1.165) is 11.6 Å². The van der Waals surface area contributed by atoms with Gasteiger partial charge in [0, 0.05) is 6.54 Å². The number of aliphatic hydroxyl groups excluding tert-OH is 1. The molecule has 0 unspecified atom stereocenters. The number of nitrogens with one attached hydrogen (secondary N) is 1. The fourth-order valence-electron chi connectivity index (χ4n) is 2.16. The largest absolute Gasteiger partial charge is 0.388 e. The van der Waals surface area contributed by atoms with Gasteiger partial charge in [0.25, 0.3) is 0 Å². The molecular weight excluding hydrogens is 305 g/mol. The monoisotopic (exact) mass is 323 g/mol. The lowest BCUT2D eigenvalue weighted by Gasteiger charge is -2.13. The van der Waals surface area contributed by atoms with E-state index in [1.165, 1.54) is 19.1 Å². The smallest absolute Gasteiger partial charge is 0.240 e. The van der Waals surface area contributed by atoms with Crippen LogP contribution in [-0.4, -0.2) is 20.1 Å². The summed E-state index contributed by atoms with van der Waals surface area (Å²) in [6, 6.07) is 12.5. The second-order valence-corrected chi connectivity index (χ2v) is 6.76. The highest BCUT2D eigenvalue weighted by molar-refractivity contribution is 7.89. The number of hydrogen-bond acceptors (Lipinski definition) is 3. The van der Waals surface area contributed by atoms with Gasteiger partial charge in [-0.15, -0.1) is 0 Å². The van der Waals surface area contributed by atoms with Crippen LogP contribution in [0.3, 0.4) is 0 Å². The summed E-state index contributed by atoms with van der Waals surface area (Å²) in [6.45, 7) is 1.63. The third-order valence-electron chi connectivity index (χ3n) is 3.32. The van der Waals surface area contributed by atoms with Gasteiger partial charge in [0.2, 0.25) is 10.0 Å². The number of benzene rings is 2. The molecule has 0 spiro atoms. The van der Waals surface area contributed by atoms with Gasteiger partial charge < -0.3 is 5.11 Å². The zero-order chi connectivity index (χ0) is 16.2. The van der Waals surface area contributed by atoms with Crippen LogP contribution in [0.5, 0.6) is 0 Å². The van der Waals surface area contributed by atoms with Crippen LogP contribution in [0.1, 0.15) is 23.7 Å². The molecule has 4 nitrogen and oxygen atoms in total. The first kappa shape index (κ1) is 16.6. The Balaban J connectivity index is 1.98. The highest BCUT2D eigenvalue weighted by Crippen LogP contribution is 2.18. The van der Waals surface area contributed by atoms with Crippen molar-refractivity contribution in [3.8, 4) is 0 Å². The predicted octanol–water partition coefficient (Wildman–Crippen LogP) is 2.54. The lowest BCUT2D eigenvalue weighted by atomic mass is 10.1. The molecule has 0 aliphatic rings. The Kier molecular flexibility index (Phi) is 5.28. The van der Waals surface area contributed by atoms with Crippen LogP contribution in [0.4, 0.5) is 4.39 Å². The van der Waals surface area contributed by atoms with E-state index in [1.54, 1.807) is 12.1 Å². The van der Waals surface area contributed by atoms with Gasteiger partial charge >= 0.3 is 0 Å². The molecule has 0 fully saturated rings. The maximum absolute atomic E-state index is 13.0. The van der Waals surface area contributed by atoms with Crippen LogP contribution in [-0.2, 0) is 10.0 Å². The average Bonchev–Trinajstić information content (AvgIpc) is 2.47. The Morgan fingerprint density at radius 3 is 2.50 bits per heavy atom. The Morgan fingerprint density at radius 2 is 1.86 bits per heavy atom. The standard InChI is InChI=1S/C16H18FNO3S/c1-12-11-14(17)7-8-16(12)22(20,21)18-10-9-15(19)13-5-3-2-4-6-13/h2-8,11,15,18-19H,9-10H2,1H3/t15-/m1/s1. The molecule has 0 saturated heterocycles. The Hall–Kier alpha value is -1.76. The molecule has 1 atom stereocenters. The van der Waals surface area contributed by atoms with Crippen molar-refractivity contribution in [3.05, 3.63) is 65.5 Å². The number of aryl methyl sites for hydroxylation is 1. The van der Waals surface area contributed by atoms with Crippen LogP contribution in [0.2, 0.25) is 0 Å². The molecule has 2 N–H and O–H groups in total. The first-order valence-corrected chi connectivity index (χ1v) is 8.37. The van der Waals surface area contributed by atoms with Crippen molar-refractivity contribution < 1.29 is 17.9 Å². The molecule has 0 radical (unpaired) electrons. The molecule has 2 aromatic carbocycles. The Labute approximate surface area is 129 Å². The highest BCUT2D eigenvalue weighted by Gasteiger charge is 2.17. The fraction of sp³-hybridized carbons (Fsp3) is 0.250. The van der Waals surface area contributed by atoms with E-state index in [-0.39, 0.29) is 17.9 Å². The third-order valence-corrected chi connectivity index (χ3v) is 4.94. The summed E-state index contributed by atoms with van der Waals surface area (Å²) in [5, 5.41) is 9.99. The molecule has 0 heterocycles. The van der Waals surface area contributed by atoms with Crippen LogP contribution in [0, 0.1) is 12.7 Å². The van der Waals surface area contributed by atoms with E-state index >= 15 is 0 Å². The molecule has 2 rings (SSSR count). The maximum Gasteiger partial charge on any atom is 0.240 e. The van der Waals surface area contributed by atoms with Crippen molar-refractivity contribution in [3.63, 3.8) is 0 Å². The molecule has 0 saturated carbocycles. The summed E-state index contributed by atoms with van der Waals surface area (Å²) in [4.78, 5) is 0.0445. The van der Waals surface area contributed by atoms with Crippen LogP contribution >= 0.6 is 0 Å². The molecule has 6 heteroatoms. The molecule has 0 amide bonds. The van der Waals surface area contributed by atoms with E-state index in [4.69, 9.17) is 0 Å². The summed E-state index contributed by atoms with van der Waals surface area (Å²) in [5.41, 5.74) is 1.08. The van der Waals surface area contributed by atoms with Crippen LogP contribution < -0.4 is 4.72 Å². The maximum atomic E-state index is 13.0. The van der Waals surface area contributed by atoms with Crippen molar-refractivity contribution in [2.45, 2.75) is 24.3 Å². The van der Waals surface area contributed by atoms with Crippen molar-refractivity contribution in [1.29, 1.82) is 0 Å². The SMILES string of the molecule is Cc1cc(F)ccc1S(=O)(=O)NCC[C@@H](O)c1ccccc1. The molecule has 118 valence electrons. The van der Waals surface area contributed by atoms with Gasteiger partial charge in [0.05, 0.1) is 11.0 Å². The lowest BCUT2D eigenvalue weighted by Crippen LogP contribution is -2.26. The van der Waals surface area contributed by atoms with E-state index in [0.29, 0.717) is 5.56 Å². The van der Waals surface area contributed by atoms with Crippen LogP contribution in [0.25, 0.3) is 0 Å². The summed E-state index contributed by atoms with van der Waals surface area (Å²) < 4.78 is 39.8. The number of hydrogen-bond donors (Lipinski definition) is 2. The molecule has 0 bridgehead atoms. The average molecular weight is 323 g/mol. The minimum atomic E-state index is -3.71. The minimum absolute atomic E-state index is 0.0445. The zero-order valence-corrected chi connectivity index (χ0v) is 13.0. The first-order valence-electron chi connectivity index (χ1n) is 6.89. The van der Waals surface area contributed by atoms with Gasteiger partial charge in [0.1, 0.15) is 5.82 Å². The number of sulfonamides is 1. The highest BCUT2D eigenvalue weighted by atomic mass is 32.2. The van der Waals surface area contributed by atoms with Gasteiger partial charge in [0.15, 0.2) is 0 Å². The summed E-state index contributed by atoms with van der Waals surface area (Å²) in [5.74, 6) is -0.476. The molecular formula is C16H18FNO3S. The van der Waals surface area contributed by atoms with Gasteiger partial charge in [-0.1, -0.05) is 30.3 Å². The van der Waals surface area contributed by atoms with Gasteiger partial charge in [-0.05, 0) is 42.7 Å².